The summed E-state index contributed by atoms with van der Waals surface area (Å²) in [5, 5.41) is 0. The van der Waals surface area contributed by atoms with Crippen LogP contribution in [0.5, 0.6) is 0 Å². The van der Waals surface area contributed by atoms with E-state index in [9.17, 15) is 0 Å². The topological polar surface area (TPSA) is 45.9 Å². The quantitative estimate of drug-likeness (QED) is 0.591. The minimum absolute atomic E-state index is 0.266. The molecule has 2 fully saturated rings. The highest BCUT2D eigenvalue weighted by Crippen LogP contribution is 2.41. The van der Waals surface area contributed by atoms with Crippen molar-refractivity contribution in [2.75, 3.05) is 27.2 Å². The molecule has 3 atom stereocenters. The van der Waals surface area contributed by atoms with Gasteiger partial charge in [0.1, 0.15) is 5.65 Å². The van der Waals surface area contributed by atoms with Crippen molar-refractivity contribution in [1.29, 1.82) is 0 Å². The van der Waals surface area contributed by atoms with E-state index in [1.165, 1.54) is 42.0 Å². The van der Waals surface area contributed by atoms with Gasteiger partial charge in [0, 0.05) is 18.9 Å². The van der Waals surface area contributed by atoms with E-state index in [4.69, 9.17) is 14.7 Å². The summed E-state index contributed by atoms with van der Waals surface area (Å²) in [7, 11) is 4.43. The maximum atomic E-state index is 6.47. The average Bonchev–Trinajstić information content (AvgIpc) is 3.17. The number of aromatic nitrogens is 3. The molecule has 0 aromatic carbocycles. The van der Waals surface area contributed by atoms with Crippen molar-refractivity contribution in [1.82, 2.24) is 24.2 Å². The van der Waals surface area contributed by atoms with E-state index >= 15 is 0 Å². The SMILES string of the molecule is Cc1cccnc1C1CCCC(c2nc3ccccn3c2COC2CCCN(C)C2)N1C. The lowest BCUT2D eigenvalue weighted by Crippen LogP contribution is -2.37. The molecule has 5 rings (SSSR count). The van der Waals surface area contributed by atoms with Gasteiger partial charge >= 0.3 is 0 Å². The molecule has 6 nitrogen and oxygen atoms in total. The average molecular weight is 434 g/mol. The smallest absolute Gasteiger partial charge is 0.137 e. The standard InChI is InChI=1S/C26H35N5O/c1-19-9-7-14-27-25(19)21-11-6-12-22(30(21)3)26-23(31-16-5-4-13-24(31)28-26)18-32-20-10-8-15-29(2)17-20/h4-5,7,9,13-14,16,20-22H,6,8,10-12,15,17-18H2,1-3H3. The normalized spacial score (nSPS) is 25.4. The molecule has 32 heavy (non-hydrogen) atoms. The summed E-state index contributed by atoms with van der Waals surface area (Å²) in [5.41, 5.74) is 5.84. The van der Waals surface area contributed by atoms with Gasteiger partial charge in [-0.3, -0.25) is 9.88 Å². The number of ether oxygens (including phenoxy) is 1. The number of rotatable bonds is 5. The molecular formula is C26H35N5O. The highest BCUT2D eigenvalue weighted by atomic mass is 16.5. The Hall–Kier alpha value is -2.28. The monoisotopic (exact) mass is 433 g/mol. The largest absolute Gasteiger partial charge is 0.371 e. The summed E-state index contributed by atoms with van der Waals surface area (Å²) in [5.74, 6) is 0. The van der Waals surface area contributed by atoms with E-state index in [0.717, 1.165) is 31.5 Å². The number of aryl methyl sites for hydroxylation is 1. The van der Waals surface area contributed by atoms with Crippen molar-refractivity contribution in [3.05, 3.63) is 65.4 Å². The molecule has 0 amide bonds. The Labute approximate surface area is 191 Å². The minimum Gasteiger partial charge on any atom is -0.371 e. The lowest BCUT2D eigenvalue weighted by molar-refractivity contribution is -0.00625. The predicted molar refractivity (Wildman–Crippen MR) is 127 cm³/mol. The van der Waals surface area contributed by atoms with Crippen LogP contribution in [0.1, 0.15) is 66.8 Å². The van der Waals surface area contributed by atoms with Gasteiger partial charge in [0.15, 0.2) is 0 Å². The Morgan fingerprint density at radius 2 is 1.84 bits per heavy atom. The van der Waals surface area contributed by atoms with E-state index < -0.39 is 0 Å². The molecular weight excluding hydrogens is 398 g/mol. The fourth-order valence-corrected chi connectivity index (χ4v) is 5.56. The fourth-order valence-electron chi connectivity index (χ4n) is 5.56. The number of pyridine rings is 2. The second-order valence-electron chi connectivity index (χ2n) is 9.54. The highest BCUT2D eigenvalue weighted by Gasteiger charge is 2.34. The Morgan fingerprint density at radius 3 is 2.66 bits per heavy atom. The van der Waals surface area contributed by atoms with Gasteiger partial charge in [0.2, 0.25) is 0 Å². The van der Waals surface area contributed by atoms with E-state index in [1.54, 1.807) is 0 Å². The molecule has 3 aromatic heterocycles. The number of nitrogens with zero attached hydrogens (tertiary/aromatic N) is 5. The summed E-state index contributed by atoms with van der Waals surface area (Å²) >= 11 is 0. The summed E-state index contributed by atoms with van der Waals surface area (Å²) in [6, 6.07) is 11.0. The summed E-state index contributed by atoms with van der Waals surface area (Å²) in [6.45, 7) is 4.96. The molecule has 2 aliphatic heterocycles. The summed E-state index contributed by atoms with van der Waals surface area (Å²) < 4.78 is 8.70. The van der Waals surface area contributed by atoms with Crippen molar-refractivity contribution < 1.29 is 4.74 Å². The van der Waals surface area contributed by atoms with Gasteiger partial charge in [-0.05, 0) is 83.4 Å². The Balaban J connectivity index is 1.45. The second-order valence-corrected chi connectivity index (χ2v) is 9.54. The lowest BCUT2D eigenvalue weighted by atomic mass is 9.90. The summed E-state index contributed by atoms with van der Waals surface area (Å²) in [6.07, 6.45) is 10.1. The maximum Gasteiger partial charge on any atom is 0.137 e. The fraction of sp³-hybridized carbons (Fsp3) is 0.538. The first-order valence-electron chi connectivity index (χ1n) is 12.0. The molecule has 0 aliphatic carbocycles. The van der Waals surface area contributed by atoms with Crippen LogP contribution >= 0.6 is 0 Å². The molecule has 0 N–H and O–H groups in total. The first kappa shape index (κ1) is 21.6. The zero-order valence-electron chi connectivity index (χ0n) is 19.6. The van der Waals surface area contributed by atoms with Gasteiger partial charge in [-0.2, -0.15) is 0 Å². The van der Waals surface area contributed by atoms with Gasteiger partial charge in [0.05, 0.1) is 41.9 Å². The zero-order valence-corrected chi connectivity index (χ0v) is 19.6. The number of likely N-dealkylation sites (N-methyl/N-ethyl adjacent to an activating group) is 1. The Morgan fingerprint density at radius 1 is 1.00 bits per heavy atom. The minimum atomic E-state index is 0.266. The van der Waals surface area contributed by atoms with Crippen LogP contribution in [0.25, 0.3) is 5.65 Å². The number of imidazole rings is 1. The maximum absolute atomic E-state index is 6.47. The molecule has 0 spiro atoms. The van der Waals surface area contributed by atoms with Crippen molar-refractivity contribution in [2.45, 2.75) is 63.8 Å². The number of piperidine rings is 2. The van der Waals surface area contributed by atoms with Crippen LogP contribution in [0.4, 0.5) is 0 Å². The number of likely N-dealkylation sites (tertiary alicyclic amines) is 2. The van der Waals surface area contributed by atoms with Gasteiger partial charge < -0.3 is 14.0 Å². The number of fused-ring (bicyclic) bond motifs is 1. The van der Waals surface area contributed by atoms with Crippen molar-refractivity contribution >= 4 is 5.65 Å². The van der Waals surface area contributed by atoms with Crippen molar-refractivity contribution in [3.8, 4) is 0 Å². The van der Waals surface area contributed by atoms with Crippen molar-refractivity contribution in [2.24, 2.45) is 0 Å². The van der Waals surface area contributed by atoms with Crippen LogP contribution in [0.2, 0.25) is 0 Å². The molecule has 0 saturated carbocycles. The lowest BCUT2D eigenvalue weighted by Gasteiger charge is -2.39. The third kappa shape index (κ3) is 4.19. The predicted octanol–water partition coefficient (Wildman–Crippen LogP) is 4.55. The third-order valence-corrected chi connectivity index (χ3v) is 7.32. The van der Waals surface area contributed by atoms with Crippen molar-refractivity contribution in [3.63, 3.8) is 0 Å². The molecule has 2 saturated heterocycles. The first-order valence-corrected chi connectivity index (χ1v) is 12.0. The van der Waals surface area contributed by atoms with Crippen LogP contribution in [0.3, 0.4) is 0 Å². The Kier molecular flexibility index (Phi) is 6.26. The highest BCUT2D eigenvalue weighted by molar-refractivity contribution is 5.44. The molecule has 6 heteroatoms. The molecule has 5 heterocycles. The zero-order chi connectivity index (χ0) is 22.1. The van der Waals surface area contributed by atoms with E-state index in [-0.39, 0.29) is 6.04 Å². The van der Waals surface area contributed by atoms with Crippen LogP contribution in [-0.2, 0) is 11.3 Å². The Bertz CT molecular complexity index is 1060. The van der Waals surface area contributed by atoms with Crippen LogP contribution in [0.15, 0.2) is 42.7 Å². The van der Waals surface area contributed by atoms with Gasteiger partial charge in [-0.1, -0.05) is 12.1 Å². The van der Waals surface area contributed by atoms with E-state index in [2.05, 4.69) is 65.7 Å². The molecule has 0 bridgehead atoms. The van der Waals surface area contributed by atoms with Gasteiger partial charge in [-0.25, -0.2) is 4.98 Å². The third-order valence-electron chi connectivity index (χ3n) is 7.32. The summed E-state index contributed by atoms with van der Waals surface area (Å²) in [4.78, 5) is 14.8. The second kappa shape index (κ2) is 9.30. The molecule has 3 unspecified atom stereocenters. The van der Waals surface area contributed by atoms with Gasteiger partial charge in [0.25, 0.3) is 0 Å². The van der Waals surface area contributed by atoms with E-state index in [0.29, 0.717) is 18.8 Å². The van der Waals surface area contributed by atoms with E-state index in [1.807, 2.05) is 12.3 Å². The number of hydrogen-bond acceptors (Lipinski definition) is 5. The molecule has 3 aromatic rings. The first-order chi connectivity index (χ1) is 15.6. The molecule has 170 valence electrons. The molecule has 2 aliphatic rings. The van der Waals surface area contributed by atoms with Gasteiger partial charge in [-0.15, -0.1) is 0 Å². The number of hydrogen-bond donors (Lipinski definition) is 0. The van der Waals surface area contributed by atoms with Crippen LogP contribution in [0, 0.1) is 6.92 Å². The van der Waals surface area contributed by atoms with Crippen LogP contribution in [-0.4, -0.2) is 57.5 Å². The van der Waals surface area contributed by atoms with Crippen LogP contribution < -0.4 is 0 Å². The molecule has 0 radical (unpaired) electrons.